The smallest absolute Gasteiger partial charge is 0.0731 e. The van der Waals surface area contributed by atoms with Gasteiger partial charge in [-0.2, -0.15) is 5.10 Å². The van der Waals surface area contributed by atoms with Gasteiger partial charge in [-0.25, -0.2) is 0 Å². The van der Waals surface area contributed by atoms with Crippen LogP contribution in [0.15, 0.2) is 6.20 Å². The van der Waals surface area contributed by atoms with Crippen LogP contribution in [0.4, 0.5) is 0 Å². The summed E-state index contributed by atoms with van der Waals surface area (Å²) in [5.41, 5.74) is 2.77. The summed E-state index contributed by atoms with van der Waals surface area (Å²) in [5, 5.41) is 14.8. The van der Waals surface area contributed by atoms with Crippen LogP contribution in [0.3, 0.4) is 0 Å². The number of rotatable bonds is 10. The summed E-state index contributed by atoms with van der Waals surface area (Å²) >= 11 is 0. The second kappa shape index (κ2) is 10.1. The molecule has 1 saturated heterocycles. The molecule has 0 aromatic carbocycles. The summed E-state index contributed by atoms with van der Waals surface area (Å²) in [4.78, 5) is 2.37. The normalized spacial score (nSPS) is 28.8. The fourth-order valence-electron chi connectivity index (χ4n) is 5.48. The number of ether oxygens (including phenoxy) is 1. The molecular weight excluding hydrogens is 374 g/mol. The van der Waals surface area contributed by atoms with E-state index >= 15 is 0 Å². The highest BCUT2D eigenvalue weighted by molar-refractivity contribution is 5.22. The first kappa shape index (κ1) is 23.7. The minimum absolute atomic E-state index is 0.0122. The highest BCUT2D eigenvalue weighted by atomic mass is 16.5. The highest BCUT2D eigenvalue weighted by Crippen LogP contribution is 2.52. The van der Waals surface area contributed by atoms with Gasteiger partial charge in [0, 0.05) is 49.3 Å². The van der Waals surface area contributed by atoms with Crippen molar-refractivity contribution in [3.63, 3.8) is 0 Å². The van der Waals surface area contributed by atoms with Crippen molar-refractivity contribution < 1.29 is 4.74 Å². The summed E-state index contributed by atoms with van der Waals surface area (Å²) in [5.74, 6) is 1.77. The van der Waals surface area contributed by atoms with E-state index in [0.29, 0.717) is 17.8 Å². The van der Waals surface area contributed by atoms with E-state index in [2.05, 4.69) is 60.5 Å². The van der Waals surface area contributed by atoms with E-state index in [9.17, 15) is 0 Å². The van der Waals surface area contributed by atoms with Gasteiger partial charge in [-0.05, 0) is 72.5 Å². The molecule has 1 aliphatic heterocycles. The maximum absolute atomic E-state index is 6.77. The number of aromatic nitrogens is 2. The zero-order valence-corrected chi connectivity index (χ0v) is 20.2. The van der Waals surface area contributed by atoms with Gasteiger partial charge in [0.25, 0.3) is 0 Å². The molecule has 3 N–H and O–H groups in total. The Bertz CT molecular complexity index is 658. The number of aromatic amines is 1. The second-order valence-electron chi connectivity index (χ2n) is 10.8. The molecule has 1 aromatic heterocycles. The van der Waals surface area contributed by atoms with Crippen molar-refractivity contribution in [1.82, 2.24) is 25.7 Å². The maximum atomic E-state index is 6.77. The SMILES string of the molecule is CNCCN(C)Cc1cn[nH]c1[C@@H]1CC[C@@]2(CCC(C)(C)O2)C(CNCC(C)C)C1. The molecule has 30 heavy (non-hydrogen) atoms. The van der Waals surface area contributed by atoms with Crippen molar-refractivity contribution in [3.8, 4) is 0 Å². The largest absolute Gasteiger partial charge is 0.369 e. The van der Waals surface area contributed by atoms with E-state index in [1.807, 2.05) is 13.2 Å². The maximum Gasteiger partial charge on any atom is 0.0731 e. The third-order valence-electron chi connectivity index (χ3n) is 7.15. The minimum atomic E-state index is 0.0122. The predicted molar refractivity (Wildman–Crippen MR) is 124 cm³/mol. The molecular formula is C24H45N5O. The molecule has 2 heterocycles. The number of nitrogens with one attached hydrogen (secondary N) is 3. The summed E-state index contributed by atoms with van der Waals surface area (Å²) in [6.45, 7) is 14.2. The van der Waals surface area contributed by atoms with Crippen molar-refractivity contribution in [2.75, 3.05) is 40.3 Å². The molecule has 3 atom stereocenters. The third-order valence-corrected chi connectivity index (χ3v) is 7.15. The molecule has 2 aliphatic rings. The Labute approximate surface area is 183 Å². The standard InChI is InChI=1S/C24H45N5O/c1-18(2)14-26-16-21-13-19(7-8-24(21)10-9-23(3,4)30-24)22-20(15-27-28-22)17-29(6)12-11-25-5/h15,18-19,21,25-26H,7-14,16-17H2,1-6H3,(H,27,28)/t19-,21?,24-/m1/s1. The Morgan fingerprint density at radius 2 is 2.10 bits per heavy atom. The number of likely N-dealkylation sites (N-methyl/N-ethyl adjacent to an activating group) is 2. The molecule has 3 rings (SSSR count). The molecule has 1 saturated carbocycles. The first-order chi connectivity index (χ1) is 14.2. The van der Waals surface area contributed by atoms with E-state index < -0.39 is 0 Å². The van der Waals surface area contributed by atoms with Gasteiger partial charge in [0.15, 0.2) is 0 Å². The lowest BCUT2D eigenvalue weighted by Crippen LogP contribution is -2.48. The van der Waals surface area contributed by atoms with Gasteiger partial charge in [0.05, 0.1) is 17.4 Å². The van der Waals surface area contributed by atoms with Gasteiger partial charge in [0.1, 0.15) is 0 Å². The Kier molecular flexibility index (Phi) is 7.99. The van der Waals surface area contributed by atoms with Gasteiger partial charge in [-0.3, -0.25) is 5.10 Å². The van der Waals surface area contributed by atoms with Crippen LogP contribution in [0, 0.1) is 11.8 Å². The Balaban J connectivity index is 1.70. The second-order valence-corrected chi connectivity index (χ2v) is 10.8. The van der Waals surface area contributed by atoms with Crippen molar-refractivity contribution in [3.05, 3.63) is 17.5 Å². The highest BCUT2D eigenvalue weighted by Gasteiger charge is 2.51. The van der Waals surface area contributed by atoms with Gasteiger partial charge >= 0.3 is 0 Å². The van der Waals surface area contributed by atoms with E-state index in [1.54, 1.807) is 0 Å². The number of H-pyrrole nitrogens is 1. The first-order valence-electron chi connectivity index (χ1n) is 12.0. The minimum Gasteiger partial charge on any atom is -0.369 e. The van der Waals surface area contributed by atoms with Crippen molar-refractivity contribution >= 4 is 0 Å². The predicted octanol–water partition coefficient (Wildman–Crippen LogP) is 3.52. The molecule has 6 nitrogen and oxygen atoms in total. The summed E-state index contributed by atoms with van der Waals surface area (Å²) < 4.78 is 6.77. The van der Waals surface area contributed by atoms with E-state index in [-0.39, 0.29) is 11.2 Å². The molecule has 172 valence electrons. The average molecular weight is 420 g/mol. The van der Waals surface area contributed by atoms with Crippen LogP contribution in [0.5, 0.6) is 0 Å². The van der Waals surface area contributed by atoms with E-state index in [4.69, 9.17) is 4.74 Å². The number of hydrogen-bond acceptors (Lipinski definition) is 5. The molecule has 1 aromatic rings. The number of hydrogen-bond donors (Lipinski definition) is 3. The van der Waals surface area contributed by atoms with Crippen LogP contribution < -0.4 is 10.6 Å². The molecule has 2 fully saturated rings. The molecule has 1 unspecified atom stereocenters. The molecule has 0 radical (unpaired) electrons. The summed E-state index contributed by atoms with van der Waals surface area (Å²) in [6.07, 6.45) is 7.93. The quantitative estimate of drug-likeness (QED) is 0.542. The molecule has 1 spiro atoms. The van der Waals surface area contributed by atoms with Crippen LogP contribution in [0.25, 0.3) is 0 Å². The Hall–Kier alpha value is -0.950. The van der Waals surface area contributed by atoms with E-state index in [1.165, 1.54) is 36.9 Å². The van der Waals surface area contributed by atoms with Crippen LogP contribution in [0.1, 0.15) is 77.0 Å². The lowest BCUT2D eigenvalue weighted by Gasteiger charge is -2.45. The molecule has 6 heteroatoms. The Morgan fingerprint density at radius 3 is 2.77 bits per heavy atom. The van der Waals surface area contributed by atoms with Gasteiger partial charge in [-0.1, -0.05) is 13.8 Å². The van der Waals surface area contributed by atoms with Crippen LogP contribution >= 0.6 is 0 Å². The Morgan fingerprint density at radius 1 is 1.30 bits per heavy atom. The topological polar surface area (TPSA) is 65.2 Å². The monoisotopic (exact) mass is 419 g/mol. The fraction of sp³-hybridized carbons (Fsp3) is 0.875. The van der Waals surface area contributed by atoms with Gasteiger partial charge in [0.2, 0.25) is 0 Å². The van der Waals surface area contributed by atoms with Crippen LogP contribution in [0.2, 0.25) is 0 Å². The fourth-order valence-corrected chi connectivity index (χ4v) is 5.48. The van der Waals surface area contributed by atoms with Crippen LogP contribution in [-0.2, 0) is 11.3 Å². The molecule has 1 aliphatic carbocycles. The molecule has 0 bridgehead atoms. The lowest BCUT2D eigenvalue weighted by atomic mass is 9.68. The van der Waals surface area contributed by atoms with Crippen molar-refractivity contribution in [2.24, 2.45) is 11.8 Å². The zero-order valence-electron chi connectivity index (χ0n) is 20.2. The first-order valence-corrected chi connectivity index (χ1v) is 12.0. The summed E-state index contributed by atoms with van der Waals surface area (Å²) in [6, 6.07) is 0. The zero-order chi connectivity index (χ0) is 21.8. The van der Waals surface area contributed by atoms with Crippen LogP contribution in [-0.4, -0.2) is 66.6 Å². The third kappa shape index (κ3) is 5.84. The van der Waals surface area contributed by atoms with E-state index in [0.717, 1.165) is 39.1 Å². The van der Waals surface area contributed by atoms with Crippen molar-refractivity contribution in [2.45, 2.75) is 83.5 Å². The van der Waals surface area contributed by atoms with Gasteiger partial charge < -0.3 is 20.3 Å². The van der Waals surface area contributed by atoms with Gasteiger partial charge in [-0.15, -0.1) is 0 Å². The average Bonchev–Trinajstić information content (AvgIpc) is 3.26. The molecule has 0 amide bonds. The van der Waals surface area contributed by atoms with Crippen molar-refractivity contribution in [1.29, 1.82) is 0 Å². The number of nitrogens with zero attached hydrogens (tertiary/aromatic N) is 2. The summed E-state index contributed by atoms with van der Waals surface area (Å²) in [7, 11) is 4.20. The lowest BCUT2D eigenvalue weighted by molar-refractivity contribution is -0.135.